The van der Waals surface area contributed by atoms with Gasteiger partial charge in [-0.2, -0.15) is 13.2 Å². The highest BCUT2D eigenvalue weighted by molar-refractivity contribution is 5.92. The number of H-pyrrole nitrogens is 1. The summed E-state index contributed by atoms with van der Waals surface area (Å²) in [5.74, 6) is 0. The number of benzene rings is 2. The van der Waals surface area contributed by atoms with Crippen molar-refractivity contribution in [3.8, 4) is 11.3 Å². The summed E-state index contributed by atoms with van der Waals surface area (Å²) in [6.45, 7) is 2.33. The molecule has 1 saturated heterocycles. The number of alkyl halides is 3. The van der Waals surface area contributed by atoms with E-state index in [-0.39, 0.29) is 6.42 Å². The summed E-state index contributed by atoms with van der Waals surface area (Å²) < 4.78 is 42.6. The first kappa shape index (κ1) is 16.2. The first-order valence-corrected chi connectivity index (χ1v) is 8.42. The fraction of sp³-hybridized carbons (Fsp3) is 0.300. The van der Waals surface area contributed by atoms with Crippen molar-refractivity contribution in [2.75, 3.05) is 6.54 Å². The first-order chi connectivity index (χ1) is 11.9. The third-order valence-electron chi connectivity index (χ3n) is 5.11. The van der Waals surface area contributed by atoms with Gasteiger partial charge in [0.1, 0.15) is 5.54 Å². The second-order valence-electron chi connectivity index (χ2n) is 6.72. The maximum Gasteiger partial charge on any atom is 0.410 e. The summed E-state index contributed by atoms with van der Waals surface area (Å²) in [7, 11) is 0. The summed E-state index contributed by atoms with van der Waals surface area (Å²) in [4.78, 5) is 3.23. The van der Waals surface area contributed by atoms with Crippen molar-refractivity contribution in [1.29, 1.82) is 0 Å². The fourth-order valence-corrected chi connectivity index (χ4v) is 3.86. The first-order valence-electron chi connectivity index (χ1n) is 8.42. The molecule has 130 valence electrons. The van der Waals surface area contributed by atoms with Crippen molar-refractivity contribution in [3.63, 3.8) is 0 Å². The number of para-hydroxylation sites is 1. The lowest BCUT2D eigenvalue weighted by atomic mass is 9.84. The Kier molecular flexibility index (Phi) is 3.65. The van der Waals surface area contributed by atoms with Crippen molar-refractivity contribution < 1.29 is 13.2 Å². The van der Waals surface area contributed by atoms with Gasteiger partial charge in [0.15, 0.2) is 0 Å². The van der Waals surface area contributed by atoms with Gasteiger partial charge in [0.2, 0.25) is 0 Å². The highest BCUT2D eigenvalue weighted by Gasteiger charge is 2.59. The predicted octanol–water partition coefficient (Wildman–Crippen LogP) is 5.28. The molecule has 5 heteroatoms. The molecule has 2 heterocycles. The van der Waals surface area contributed by atoms with Crippen LogP contribution in [0.4, 0.5) is 13.2 Å². The minimum Gasteiger partial charge on any atom is -0.354 e. The van der Waals surface area contributed by atoms with E-state index < -0.39 is 11.7 Å². The van der Waals surface area contributed by atoms with Crippen LogP contribution in [0.15, 0.2) is 48.5 Å². The molecular formula is C20H19F3N2. The van der Waals surface area contributed by atoms with Crippen LogP contribution in [0.25, 0.3) is 22.2 Å². The van der Waals surface area contributed by atoms with Crippen LogP contribution in [-0.4, -0.2) is 17.7 Å². The number of nitrogens with one attached hydrogen (secondary N) is 2. The number of hydrogen-bond acceptors (Lipinski definition) is 1. The standard InChI is InChI=1S/C20H19F3N2/c1-13-7-9-14(10-8-13)18-17(15-5-2-3-6-16(15)25-18)19(20(21,22)23)11-4-12-24-19/h2-3,5-10,24-25H,4,11-12H2,1H3. The van der Waals surface area contributed by atoms with Crippen LogP contribution in [0, 0.1) is 6.92 Å². The zero-order valence-electron chi connectivity index (χ0n) is 13.9. The Balaban J connectivity index is 2.04. The molecule has 1 aliphatic heterocycles. The van der Waals surface area contributed by atoms with E-state index in [1.165, 1.54) is 0 Å². The lowest BCUT2D eigenvalue weighted by molar-refractivity contribution is -0.195. The van der Waals surface area contributed by atoms with Gasteiger partial charge in [-0.15, -0.1) is 0 Å². The van der Waals surface area contributed by atoms with Crippen molar-refractivity contribution in [2.45, 2.75) is 31.5 Å². The van der Waals surface area contributed by atoms with Crippen molar-refractivity contribution in [2.24, 2.45) is 0 Å². The van der Waals surface area contributed by atoms with Gasteiger partial charge in [-0.3, -0.25) is 5.32 Å². The molecule has 2 nitrogen and oxygen atoms in total. The summed E-state index contributed by atoms with van der Waals surface area (Å²) >= 11 is 0. The fourth-order valence-electron chi connectivity index (χ4n) is 3.86. The monoisotopic (exact) mass is 344 g/mol. The molecule has 0 saturated carbocycles. The number of aromatic nitrogens is 1. The topological polar surface area (TPSA) is 27.8 Å². The third kappa shape index (κ3) is 2.45. The van der Waals surface area contributed by atoms with Gasteiger partial charge < -0.3 is 4.98 Å². The number of fused-ring (bicyclic) bond motifs is 1. The molecule has 1 aliphatic rings. The van der Waals surface area contributed by atoms with Crippen molar-refractivity contribution in [1.82, 2.24) is 10.3 Å². The number of halogens is 3. The maximum atomic E-state index is 14.2. The molecule has 4 rings (SSSR count). The third-order valence-corrected chi connectivity index (χ3v) is 5.11. The summed E-state index contributed by atoms with van der Waals surface area (Å²) in [6, 6.07) is 14.8. The van der Waals surface area contributed by atoms with Crippen LogP contribution >= 0.6 is 0 Å². The molecule has 0 amide bonds. The Morgan fingerprint density at radius 3 is 2.36 bits per heavy atom. The molecule has 1 atom stereocenters. The highest BCUT2D eigenvalue weighted by Crippen LogP contribution is 2.50. The van der Waals surface area contributed by atoms with E-state index in [1.54, 1.807) is 12.1 Å². The van der Waals surface area contributed by atoms with E-state index in [0.717, 1.165) is 16.6 Å². The zero-order valence-corrected chi connectivity index (χ0v) is 13.9. The molecule has 1 fully saturated rings. The average Bonchev–Trinajstić information content (AvgIpc) is 3.20. The number of rotatable bonds is 2. The summed E-state index contributed by atoms with van der Waals surface area (Å²) in [6.07, 6.45) is -3.81. The molecule has 2 aromatic carbocycles. The second-order valence-corrected chi connectivity index (χ2v) is 6.72. The number of aryl methyl sites for hydroxylation is 1. The lowest BCUT2D eigenvalue weighted by Crippen LogP contribution is -2.50. The van der Waals surface area contributed by atoms with Gasteiger partial charge in [-0.05, 0) is 37.9 Å². The SMILES string of the molecule is Cc1ccc(-c2[nH]c3ccccc3c2C2(C(F)(F)F)CCCN2)cc1. The minimum atomic E-state index is -4.37. The largest absolute Gasteiger partial charge is 0.410 e. The van der Waals surface area contributed by atoms with E-state index in [9.17, 15) is 13.2 Å². The molecule has 2 N–H and O–H groups in total. The number of aromatic amines is 1. The molecule has 1 unspecified atom stereocenters. The van der Waals surface area contributed by atoms with Gasteiger partial charge in [0.25, 0.3) is 0 Å². The van der Waals surface area contributed by atoms with Crippen LogP contribution in [0.3, 0.4) is 0 Å². The van der Waals surface area contributed by atoms with E-state index >= 15 is 0 Å². The maximum absolute atomic E-state index is 14.2. The van der Waals surface area contributed by atoms with E-state index in [1.807, 2.05) is 43.3 Å². The zero-order chi connectivity index (χ0) is 17.7. The second kappa shape index (κ2) is 5.63. The quantitative estimate of drug-likeness (QED) is 0.650. The van der Waals surface area contributed by atoms with Gasteiger partial charge >= 0.3 is 6.18 Å². The van der Waals surface area contributed by atoms with E-state index in [0.29, 0.717) is 29.6 Å². The van der Waals surface area contributed by atoms with Gasteiger partial charge in [-0.25, -0.2) is 0 Å². The van der Waals surface area contributed by atoms with Crippen LogP contribution in [0.5, 0.6) is 0 Å². The Hall–Kier alpha value is -2.27. The Morgan fingerprint density at radius 1 is 1.00 bits per heavy atom. The summed E-state index contributed by atoms with van der Waals surface area (Å²) in [5.41, 5.74) is 1.43. The van der Waals surface area contributed by atoms with E-state index in [2.05, 4.69) is 10.3 Å². The molecule has 0 spiro atoms. The van der Waals surface area contributed by atoms with Gasteiger partial charge in [0.05, 0.1) is 5.69 Å². The predicted molar refractivity (Wildman–Crippen MR) is 93.4 cm³/mol. The molecule has 0 radical (unpaired) electrons. The van der Waals surface area contributed by atoms with Crippen molar-refractivity contribution in [3.05, 3.63) is 59.7 Å². The molecule has 25 heavy (non-hydrogen) atoms. The van der Waals surface area contributed by atoms with Crippen LogP contribution in [0.2, 0.25) is 0 Å². The molecule has 1 aromatic heterocycles. The van der Waals surface area contributed by atoms with Crippen LogP contribution < -0.4 is 5.32 Å². The van der Waals surface area contributed by atoms with Crippen LogP contribution in [-0.2, 0) is 5.54 Å². The van der Waals surface area contributed by atoms with Crippen molar-refractivity contribution >= 4 is 10.9 Å². The van der Waals surface area contributed by atoms with Gasteiger partial charge in [-0.1, -0.05) is 48.0 Å². The molecule has 3 aromatic rings. The summed E-state index contributed by atoms with van der Waals surface area (Å²) in [5, 5.41) is 3.41. The lowest BCUT2D eigenvalue weighted by Gasteiger charge is -2.33. The Bertz CT molecular complexity index is 901. The number of hydrogen-bond donors (Lipinski definition) is 2. The van der Waals surface area contributed by atoms with Crippen LogP contribution in [0.1, 0.15) is 24.0 Å². The molecular weight excluding hydrogens is 325 g/mol. The van der Waals surface area contributed by atoms with Gasteiger partial charge in [0, 0.05) is 16.5 Å². The Labute approximate surface area is 144 Å². The highest BCUT2D eigenvalue weighted by atomic mass is 19.4. The smallest absolute Gasteiger partial charge is 0.354 e. The molecule has 0 bridgehead atoms. The minimum absolute atomic E-state index is 0.0528. The van der Waals surface area contributed by atoms with E-state index in [4.69, 9.17) is 0 Å². The normalized spacial score (nSPS) is 21.1. The average molecular weight is 344 g/mol. The Morgan fingerprint density at radius 2 is 1.72 bits per heavy atom. The molecule has 0 aliphatic carbocycles.